The second kappa shape index (κ2) is 6.73. The molecule has 7 heteroatoms. The van der Waals surface area contributed by atoms with E-state index in [0.29, 0.717) is 22.5 Å². The van der Waals surface area contributed by atoms with E-state index < -0.39 is 5.82 Å². The molecule has 2 aromatic rings. The predicted octanol–water partition coefficient (Wildman–Crippen LogP) is 5.22. The summed E-state index contributed by atoms with van der Waals surface area (Å²) in [6.07, 6.45) is 0. The molecular weight excluding hydrogens is 384 g/mol. The van der Waals surface area contributed by atoms with Crippen LogP contribution in [0.3, 0.4) is 0 Å². The number of phenolic OH excluding ortho intramolecular Hbond substituents is 1. The molecule has 112 valence electrons. The summed E-state index contributed by atoms with van der Waals surface area (Å²) in [4.78, 5) is 0. The van der Waals surface area contributed by atoms with Crippen molar-refractivity contribution in [1.29, 1.82) is 0 Å². The van der Waals surface area contributed by atoms with Gasteiger partial charge < -0.3 is 15.2 Å². The van der Waals surface area contributed by atoms with Crippen LogP contribution in [0.25, 0.3) is 0 Å². The van der Waals surface area contributed by atoms with Crippen molar-refractivity contribution in [2.45, 2.75) is 6.54 Å². The summed E-state index contributed by atoms with van der Waals surface area (Å²) >= 11 is 15.2. The monoisotopic (exact) mass is 393 g/mol. The first kappa shape index (κ1) is 16.2. The normalized spacial score (nSPS) is 10.5. The molecule has 0 saturated heterocycles. The van der Waals surface area contributed by atoms with Crippen molar-refractivity contribution in [3.8, 4) is 11.5 Å². The summed E-state index contributed by atoms with van der Waals surface area (Å²) < 4.78 is 18.7. The van der Waals surface area contributed by atoms with Gasteiger partial charge in [-0.15, -0.1) is 0 Å². The summed E-state index contributed by atoms with van der Waals surface area (Å²) in [6.45, 7) is 0.375. The quantitative estimate of drug-likeness (QED) is 0.746. The molecule has 0 amide bonds. The number of anilines is 1. The third kappa shape index (κ3) is 3.73. The first-order valence-corrected chi connectivity index (χ1v) is 7.41. The lowest BCUT2D eigenvalue weighted by atomic mass is 10.2. The zero-order valence-corrected chi connectivity index (χ0v) is 14.0. The minimum Gasteiger partial charge on any atom is -0.503 e. The number of halogens is 4. The summed E-state index contributed by atoms with van der Waals surface area (Å²) in [5.41, 5.74) is 1.27. The van der Waals surface area contributed by atoms with Gasteiger partial charge in [-0.2, -0.15) is 0 Å². The maximum absolute atomic E-state index is 13.1. The van der Waals surface area contributed by atoms with Crippen molar-refractivity contribution in [3.05, 3.63) is 50.2 Å². The molecule has 2 N–H and O–H groups in total. The number of methoxy groups -OCH3 is 1. The lowest BCUT2D eigenvalue weighted by Crippen LogP contribution is -2.02. The molecule has 0 aliphatic rings. The largest absolute Gasteiger partial charge is 0.503 e. The molecule has 0 heterocycles. The zero-order chi connectivity index (χ0) is 15.6. The summed E-state index contributed by atoms with van der Waals surface area (Å²) in [5, 5.41) is 13.2. The average Bonchev–Trinajstić information content (AvgIpc) is 2.41. The van der Waals surface area contributed by atoms with Crippen LogP contribution in [-0.4, -0.2) is 12.2 Å². The molecule has 0 spiro atoms. The molecule has 0 aromatic heterocycles. The third-order valence-corrected chi connectivity index (χ3v) is 3.98. The lowest BCUT2D eigenvalue weighted by Gasteiger charge is -2.13. The molecule has 0 atom stereocenters. The van der Waals surface area contributed by atoms with Gasteiger partial charge in [0, 0.05) is 6.54 Å². The second-order valence-corrected chi connectivity index (χ2v) is 5.90. The van der Waals surface area contributed by atoms with Crippen molar-refractivity contribution in [2.75, 3.05) is 12.4 Å². The fraction of sp³-hybridized carbons (Fsp3) is 0.143. The van der Waals surface area contributed by atoms with Gasteiger partial charge in [-0.3, -0.25) is 0 Å². The minimum atomic E-state index is -0.496. The highest BCUT2D eigenvalue weighted by molar-refractivity contribution is 9.10. The number of phenols is 1. The molecule has 0 fully saturated rings. The molecule has 0 aliphatic carbocycles. The van der Waals surface area contributed by atoms with Gasteiger partial charge in [0.1, 0.15) is 5.82 Å². The van der Waals surface area contributed by atoms with Crippen LogP contribution < -0.4 is 10.1 Å². The van der Waals surface area contributed by atoms with Crippen molar-refractivity contribution in [2.24, 2.45) is 0 Å². The van der Waals surface area contributed by atoms with Gasteiger partial charge in [-0.1, -0.05) is 23.2 Å². The molecule has 0 aliphatic heterocycles. The Kier molecular flexibility index (Phi) is 5.19. The van der Waals surface area contributed by atoms with E-state index in [1.807, 2.05) is 0 Å². The highest BCUT2D eigenvalue weighted by Gasteiger charge is 2.11. The topological polar surface area (TPSA) is 41.5 Å². The van der Waals surface area contributed by atoms with Gasteiger partial charge in [-0.25, -0.2) is 4.39 Å². The molecule has 0 bridgehead atoms. The van der Waals surface area contributed by atoms with Gasteiger partial charge in [0.2, 0.25) is 0 Å². The van der Waals surface area contributed by atoms with Crippen molar-refractivity contribution in [3.63, 3.8) is 0 Å². The van der Waals surface area contributed by atoms with E-state index in [2.05, 4.69) is 21.2 Å². The Balaban J connectivity index is 2.23. The highest BCUT2D eigenvalue weighted by atomic mass is 79.9. The summed E-state index contributed by atoms with van der Waals surface area (Å²) in [5.74, 6) is -0.124. The Morgan fingerprint density at radius 2 is 1.86 bits per heavy atom. The Bertz CT molecular complexity index is 659. The molecule has 2 rings (SSSR count). The third-order valence-electron chi connectivity index (χ3n) is 2.78. The van der Waals surface area contributed by atoms with Crippen molar-refractivity contribution < 1.29 is 14.2 Å². The SMILES string of the molecule is COc1cc(CNc2c(Cl)cc(F)cc2Cl)cc(Br)c1O. The van der Waals surface area contributed by atoms with Crippen molar-refractivity contribution in [1.82, 2.24) is 0 Å². The summed E-state index contributed by atoms with van der Waals surface area (Å²) in [6, 6.07) is 5.78. The van der Waals surface area contributed by atoms with E-state index in [0.717, 1.165) is 5.56 Å². The Morgan fingerprint density at radius 1 is 1.24 bits per heavy atom. The molecule has 3 nitrogen and oxygen atoms in total. The Hall–Kier alpha value is -1.17. The first-order valence-electron chi connectivity index (χ1n) is 5.86. The molecular formula is C14H11BrCl2FNO2. The Labute approximate surface area is 139 Å². The average molecular weight is 395 g/mol. The smallest absolute Gasteiger partial charge is 0.172 e. The van der Waals surface area contributed by atoms with Crippen molar-refractivity contribution >= 4 is 44.8 Å². The number of rotatable bonds is 4. The molecule has 2 aromatic carbocycles. The first-order chi connectivity index (χ1) is 9.92. The van der Waals surface area contributed by atoms with Crippen LogP contribution in [0.2, 0.25) is 10.0 Å². The van der Waals surface area contributed by atoms with Gasteiger partial charge in [0.15, 0.2) is 11.5 Å². The molecule has 0 unspecified atom stereocenters. The zero-order valence-electron chi connectivity index (χ0n) is 10.9. The number of ether oxygens (including phenoxy) is 1. The Morgan fingerprint density at radius 3 is 2.43 bits per heavy atom. The van der Waals surface area contributed by atoms with E-state index in [9.17, 15) is 9.50 Å². The number of hydrogen-bond acceptors (Lipinski definition) is 3. The van der Waals surface area contributed by atoms with E-state index in [4.69, 9.17) is 27.9 Å². The van der Waals surface area contributed by atoms with Crippen LogP contribution in [0.1, 0.15) is 5.56 Å². The van der Waals surface area contributed by atoms with Gasteiger partial charge in [0.25, 0.3) is 0 Å². The van der Waals surface area contributed by atoms with Crippen LogP contribution in [0.4, 0.5) is 10.1 Å². The fourth-order valence-corrected chi connectivity index (χ4v) is 2.87. The van der Waals surface area contributed by atoms with Crippen LogP contribution in [0, 0.1) is 5.82 Å². The van der Waals surface area contributed by atoms with E-state index in [-0.39, 0.29) is 15.8 Å². The number of hydrogen-bond donors (Lipinski definition) is 2. The maximum Gasteiger partial charge on any atom is 0.172 e. The van der Waals surface area contributed by atoms with Gasteiger partial charge in [-0.05, 0) is 45.8 Å². The fourth-order valence-electron chi connectivity index (χ4n) is 1.79. The number of nitrogens with one attached hydrogen (secondary N) is 1. The lowest BCUT2D eigenvalue weighted by molar-refractivity contribution is 0.371. The molecule has 0 radical (unpaired) electrons. The van der Waals surface area contributed by atoms with E-state index in [1.165, 1.54) is 19.2 Å². The predicted molar refractivity (Wildman–Crippen MR) is 86.1 cm³/mol. The van der Waals surface area contributed by atoms with E-state index in [1.54, 1.807) is 12.1 Å². The maximum atomic E-state index is 13.1. The number of benzene rings is 2. The standard InChI is InChI=1S/C14H11BrCl2FNO2/c1-21-12-3-7(2-9(15)14(12)20)6-19-13-10(16)4-8(18)5-11(13)17/h2-5,19-20H,6H2,1H3. The van der Waals surface area contributed by atoms with E-state index >= 15 is 0 Å². The molecule has 0 saturated carbocycles. The molecule has 21 heavy (non-hydrogen) atoms. The summed E-state index contributed by atoms with van der Waals surface area (Å²) in [7, 11) is 1.46. The van der Waals surface area contributed by atoms with Crippen LogP contribution in [0.5, 0.6) is 11.5 Å². The van der Waals surface area contributed by atoms with Gasteiger partial charge in [0.05, 0.1) is 27.3 Å². The van der Waals surface area contributed by atoms with Crippen LogP contribution in [0.15, 0.2) is 28.7 Å². The van der Waals surface area contributed by atoms with Gasteiger partial charge >= 0.3 is 0 Å². The van der Waals surface area contributed by atoms with Crippen LogP contribution in [-0.2, 0) is 6.54 Å². The second-order valence-electron chi connectivity index (χ2n) is 4.23. The number of aromatic hydroxyl groups is 1. The van der Waals surface area contributed by atoms with Crippen LogP contribution >= 0.6 is 39.1 Å². The highest BCUT2D eigenvalue weighted by Crippen LogP contribution is 2.36. The minimum absolute atomic E-state index is 0.0269.